The monoisotopic (exact) mass is 294 g/mol. The summed E-state index contributed by atoms with van der Waals surface area (Å²) in [5.74, 6) is 1.06. The van der Waals surface area contributed by atoms with Gasteiger partial charge in [-0.25, -0.2) is 0 Å². The number of hydrogen-bond acceptors (Lipinski definition) is 5. The molecule has 0 aromatic heterocycles. The minimum Gasteiger partial charge on any atom is -0.493 e. The van der Waals surface area contributed by atoms with Crippen molar-refractivity contribution in [1.29, 1.82) is 0 Å². The maximum absolute atomic E-state index is 12.2. The smallest absolute Gasteiger partial charge is 0.253 e. The number of ether oxygens (including phenoxy) is 3. The largest absolute Gasteiger partial charge is 0.493 e. The lowest BCUT2D eigenvalue weighted by Crippen LogP contribution is -2.30. The van der Waals surface area contributed by atoms with Gasteiger partial charge in [0.1, 0.15) is 6.10 Å². The summed E-state index contributed by atoms with van der Waals surface area (Å²) in [5.41, 5.74) is 7.15. The second-order valence-corrected chi connectivity index (χ2v) is 5.07. The fourth-order valence-electron chi connectivity index (χ4n) is 2.40. The molecular weight excluding hydrogens is 272 g/mol. The fraction of sp³-hybridized carbons (Fsp3) is 0.533. The van der Waals surface area contributed by atoms with Gasteiger partial charge in [-0.1, -0.05) is 0 Å². The van der Waals surface area contributed by atoms with E-state index in [1.54, 1.807) is 20.3 Å². The number of amides is 1. The highest BCUT2D eigenvalue weighted by Gasteiger charge is 2.30. The standard InChI is InChI=1S/C15H22N2O4/c1-9-6-13(19-2)14(20-3)7-11(9)17-15(18)12-5-4-10(8-16)21-12/h6-7,10,12H,4-5,8,16H2,1-3H3,(H,17,18). The second kappa shape index (κ2) is 6.78. The molecule has 1 amide bonds. The number of nitrogens with two attached hydrogens (primary N) is 1. The van der Waals surface area contributed by atoms with E-state index >= 15 is 0 Å². The van der Waals surface area contributed by atoms with Crippen molar-refractivity contribution in [2.75, 3.05) is 26.1 Å². The molecular formula is C15H22N2O4. The first-order valence-electron chi connectivity index (χ1n) is 6.98. The highest BCUT2D eigenvalue weighted by atomic mass is 16.5. The molecule has 0 bridgehead atoms. The van der Waals surface area contributed by atoms with E-state index in [1.807, 2.05) is 13.0 Å². The highest BCUT2D eigenvalue weighted by Crippen LogP contribution is 2.33. The van der Waals surface area contributed by atoms with E-state index < -0.39 is 6.10 Å². The molecule has 2 unspecified atom stereocenters. The van der Waals surface area contributed by atoms with Crippen LogP contribution in [0.3, 0.4) is 0 Å². The Hall–Kier alpha value is -1.79. The van der Waals surface area contributed by atoms with E-state index in [-0.39, 0.29) is 12.0 Å². The number of aryl methyl sites for hydroxylation is 1. The zero-order valence-electron chi connectivity index (χ0n) is 12.6. The van der Waals surface area contributed by atoms with Gasteiger partial charge in [0.25, 0.3) is 5.91 Å². The van der Waals surface area contributed by atoms with E-state index in [2.05, 4.69) is 5.32 Å². The zero-order valence-corrected chi connectivity index (χ0v) is 12.6. The van der Waals surface area contributed by atoms with Crippen LogP contribution in [0.25, 0.3) is 0 Å². The Kier molecular flexibility index (Phi) is 5.03. The molecule has 3 N–H and O–H groups in total. The SMILES string of the molecule is COc1cc(C)c(NC(=O)C2CCC(CN)O2)cc1OC. The van der Waals surface area contributed by atoms with Crippen LogP contribution in [-0.2, 0) is 9.53 Å². The number of anilines is 1. The molecule has 1 aromatic rings. The van der Waals surface area contributed by atoms with Crippen molar-refractivity contribution in [3.05, 3.63) is 17.7 Å². The number of nitrogens with one attached hydrogen (secondary N) is 1. The summed E-state index contributed by atoms with van der Waals surface area (Å²) in [5, 5.41) is 2.88. The Labute approximate surface area is 124 Å². The van der Waals surface area contributed by atoms with Crippen LogP contribution in [-0.4, -0.2) is 38.9 Å². The predicted molar refractivity (Wildman–Crippen MR) is 79.9 cm³/mol. The number of carbonyl (C=O) groups is 1. The van der Waals surface area contributed by atoms with E-state index in [9.17, 15) is 4.79 Å². The molecule has 21 heavy (non-hydrogen) atoms. The van der Waals surface area contributed by atoms with E-state index in [0.717, 1.165) is 12.0 Å². The van der Waals surface area contributed by atoms with E-state index in [1.165, 1.54) is 0 Å². The normalized spacial score (nSPS) is 21.1. The van der Waals surface area contributed by atoms with Crippen molar-refractivity contribution in [1.82, 2.24) is 0 Å². The van der Waals surface area contributed by atoms with Crippen LogP contribution in [0.5, 0.6) is 11.5 Å². The van der Waals surface area contributed by atoms with Crippen molar-refractivity contribution in [3.8, 4) is 11.5 Å². The summed E-state index contributed by atoms with van der Waals surface area (Å²) in [4.78, 5) is 12.2. The third kappa shape index (κ3) is 3.46. The summed E-state index contributed by atoms with van der Waals surface area (Å²) in [6.45, 7) is 2.34. The van der Waals surface area contributed by atoms with Crippen molar-refractivity contribution in [2.24, 2.45) is 5.73 Å². The Morgan fingerprint density at radius 3 is 2.57 bits per heavy atom. The van der Waals surface area contributed by atoms with Crippen LogP contribution in [0.15, 0.2) is 12.1 Å². The Bertz CT molecular complexity index is 519. The molecule has 1 saturated heterocycles. The van der Waals surface area contributed by atoms with Crippen LogP contribution in [0.1, 0.15) is 18.4 Å². The molecule has 1 fully saturated rings. The summed E-state index contributed by atoms with van der Waals surface area (Å²) in [6, 6.07) is 3.58. The van der Waals surface area contributed by atoms with Gasteiger partial charge >= 0.3 is 0 Å². The molecule has 1 aliphatic heterocycles. The van der Waals surface area contributed by atoms with Gasteiger partial charge in [-0.05, 0) is 31.4 Å². The van der Waals surface area contributed by atoms with Crippen molar-refractivity contribution >= 4 is 11.6 Å². The topological polar surface area (TPSA) is 82.8 Å². The van der Waals surface area contributed by atoms with Crippen LogP contribution in [0.4, 0.5) is 5.69 Å². The summed E-state index contributed by atoms with van der Waals surface area (Å²) >= 11 is 0. The van der Waals surface area contributed by atoms with E-state index in [4.69, 9.17) is 19.9 Å². The Morgan fingerprint density at radius 1 is 1.33 bits per heavy atom. The van der Waals surface area contributed by atoms with Crippen molar-refractivity contribution < 1.29 is 19.0 Å². The first-order valence-corrected chi connectivity index (χ1v) is 6.98. The van der Waals surface area contributed by atoms with Crippen LogP contribution in [0, 0.1) is 6.92 Å². The fourth-order valence-corrected chi connectivity index (χ4v) is 2.40. The molecule has 0 radical (unpaired) electrons. The van der Waals surface area contributed by atoms with Gasteiger partial charge in [-0.3, -0.25) is 4.79 Å². The Balaban J connectivity index is 2.10. The van der Waals surface area contributed by atoms with Crippen LogP contribution >= 0.6 is 0 Å². The first kappa shape index (κ1) is 15.6. The van der Waals surface area contributed by atoms with Gasteiger partial charge in [0.05, 0.1) is 20.3 Å². The molecule has 2 atom stereocenters. The van der Waals surface area contributed by atoms with Crippen molar-refractivity contribution in [2.45, 2.75) is 32.0 Å². The molecule has 0 saturated carbocycles. The van der Waals surface area contributed by atoms with Crippen molar-refractivity contribution in [3.63, 3.8) is 0 Å². The molecule has 0 spiro atoms. The number of rotatable bonds is 5. The lowest BCUT2D eigenvalue weighted by atomic mass is 10.1. The highest BCUT2D eigenvalue weighted by molar-refractivity contribution is 5.95. The number of carbonyl (C=O) groups excluding carboxylic acids is 1. The summed E-state index contributed by atoms with van der Waals surface area (Å²) < 4.78 is 16.1. The molecule has 2 rings (SSSR count). The predicted octanol–water partition coefficient (Wildman–Crippen LogP) is 1.46. The van der Waals surface area contributed by atoms with Gasteiger partial charge in [0.2, 0.25) is 0 Å². The zero-order chi connectivity index (χ0) is 15.4. The van der Waals surface area contributed by atoms with Gasteiger partial charge in [-0.15, -0.1) is 0 Å². The van der Waals surface area contributed by atoms with E-state index in [0.29, 0.717) is 30.2 Å². The lowest BCUT2D eigenvalue weighted by Gasteiger charge is -2.16. The molecule has 116 valence electrons. The third-order valence-electron chi connectivity index (χ3n) is 3.65. The minimum atomic E-state index is -0.439. The number of methoxy groups -OCH3 is 2. The number of hydrogen-bond donors (Lipinski definition) is 2. The lowest BCUT2D eigenvalue weighted by molar-refractivity contribution is -0.126. The number of benzene rings is 1. The molecule has 0 aliphatic carbocycles. The van der Waals surface area contributed by atoms with Gasteiger partial charge < -0.3 is 25.3 Å². The quantitative estimate of drug-likeness (QED) is 0.859. The molecule has 6 nitrogen and oxygen atoms in total. The molecule has 6 heteroatoms. The second-order valence-electron chi connectivity index (χ2n) is 5.07. The first-order chi connectivity index (χ1) is 10.1. The molecule has 1 aliphatic rings. The summed E-state index contributed by atoms with van der Waals surface area (Å²) in [7, 11) is 3.14. The minimum absolute atomic E-state index is 0.0211. The van der Waals surface area contributed by atoms with Crippen LogP contribution < -0.4 is 20.5 Å². The average Bonchev–Trinajstić information content (AvgIpc) is 2.97. The average molecular weight is 294 g/mol. The maximum atomic E-state index is 12.2. The van der Waals surface area contributed by atoms with Crippen LogP contribution in [0.2, 0.25) is 0 Å². The van der Waals surface area contributed by atoms with Gasteiger partial charge in [-0.2, -0.15) is 0 Å². The molecule has 1 heterocycles. The summed E-state index contributed by atoms with van der Waals surface area (Å²) in [6.07, 6.45) is 1.05. The Morgan fingerprint density at radius 2 is 2.00 bits per heavy atom. The van der Waals surface area contributed by atoms with Gasteiger partial charge in [0.15, 0.2) is 11.5 Å². The maximum Gasteiger partial charge on any atom is 0.253 e. The third-order valence-corrected chi connectivity index (χ3v) is 3.65. The molecule has 1 aromatic carbocycles. The van der Waals surface area contributed by atoms with Gasteiger partial charge in [0, 0.05) is 18.3 Å².